The molecule has 0 radical (unpaired) electrons. The van der Waals surface area contributed by atoms with Crippen LogP contribution in [0.1, 0.15) is 30.1 Å². The molecule has 1 aromatic rings. The molecule has 0 aliphatic carbocycles. The highest BCUT2D eigenvalue weighted by Gasteiger charge is 2.23. The van der Waals surface area contributed by atoms with Gasteiger partial charge >= 0.3 is 0 Å². The number of carbonyl (C=O) groups excluding carboxylic acids is 2. The van der Waals surface area contributed by atoms with Crippen LogP contribution in [0.4, 0.5) is 0 Å². The minimum absolute atomic E-state index is 0.0168. The first-order valence-electron chi connectivity index (χ1n) is 6.74. The van der Waals surface area contributed by atoms with Gasteiger partial charge in [0.1, 0.15) is 0 Å². The molecule has 1 amide bonds. The van der Waals surface area contributed by atoms with Crippen LogP contribution in [0.5, 0.6) is 0 Å². The lowest BCUT2D eigenvalue weighted by molar-refractivity contribution is -0.139. The lowest BCUT2D eigenvalue weighted by Crippen LogP contribution is -2.47. The van der Waals surface area contributed by atoms with Gasteiger partial charge in [0.05, 0.1) is 19.3 Å². The van der Waals surface area contributed by atoms with Crippen molar-refractivity contribution < 1.29 is 14.3 Å². The normalized spacial score (nSPS) is 18.9. The molecule has 4 nitrogen and oxygen atoms in total. The molecular formula is C15H18ClNO3. The summed E-state index contributed by atoms with van der Waals surface area (Å²) in [5, 5.41) is 0.597. The van der Waals surface area contributed by atoms with Gasteiger partial charge in [0, 0.05) is 30.0 Å². The number of hydrogen-bond acceptors (Lipinski definition) is 3. The quantitative estimate of drug-likeness (QED) is 0.802. The number of benzene rings is 1. The van der Waals surface area contributed by atoms with Gasteiger partial charge in [0.25, 0.3) is 0 Å². The average Bonchev–Trinajstić information content (AvgIpc) is 2.45. The van der Waals surface area contributed by atoms with E-state index in [-0.39, 0.29) is 30.6 Å². The first kappa shape index (κ1) is 15.0. The first-order valence-corrected chi connectivity index (χ1v) is 7.11. The SMILES string of the molecule is CC1COCCN1C(=O)CCC(=O)c1ccc(Cl)cc1. The molecular weight excluding hydrogens is 278 g/mol. The highest BCUT2D eigenvalue weighted by atomic mass is 35.5. The molecule has 1 saturated heterocycles. The van der Waals surface area contributed by atoms with Crippen LogP contribution in [-0.4, -0.2) is 42.4 Å². The summed E-state index contributed by atoms with van der Waals surface area (Å²) < 4.78 is 5.29. The van der Waals surface area contributed by atoms with Crippen molar-refractivity contribution in [1.82, 2.24) is 4.90 Å². The number of halogens is 1. The molecule has 5 heteroatoms. The van der Waals surface area contributed by atoms with Gasteiger partial charge in [-0.15, -0.1) is 0 Å². The van der Waals surface area contributed by atoms with Crippen molar-refractivity contribution in [3.63, 3.8) is 0 Å². The summed E-state index contributed by atoms with van der Waals surface area (Å²) in [6.45, 7) is 3.70. The number of amides is 1. The van der Waals surface area contributed by atoms with Crippen LogP contribution in [0.3, 0.4) is 0 Å². The van der Waals surface area contributed by atoms with E-state index in [1.165, 1.54) is 0 Å². The number of nitrogens with zero attached hydrogens (tertiary/aromatic N) is 1. The predicted octanol–water partition coefficient (Wildman–Crippen LogP) is 2.55. The van der Waals surface area contributed by atoms with Gasteiger partial charge in [-0.1, -0.05) is 11.6 Å². The predicted molar refractivity (Wildman–Crippen MR) is 77.0 cm³/mol. The zero-order chi connectivity index (χ0) is 14.5. The Hall–Kier alpha value is -1.39. The zero-order valence-electron chi connectivity index (χ0n) is 11.5. The summed E-state index contributed by atoms with van der Waals surface area (Å²) in [5.74, 6) is -0.0148. The molecule has 0 bridgehead atoms. The number of carbonyl (C=O) groups is 2. The molecule has 0 aromatic heterocycles. The van der Waals surface area contributed by atoms with Crippen molar-refractivity contribution in [2.75, 3.05) is 19.8 Å². The molecule has 1 fully saturated rings. The van der Waals surface area contributed by atoms with Gasteiger partial charge < -0.3 is 9.64 Å². The highest BCUT2D eigenvalue weighted by molar-refractivity contribution is 6.30. The van der Waals surface area contributed by atoms with Gasteiger partial charge in [-0.05, 0) is 31.2 Å². The molecule has 1 aromatic carbocycles. The van der Waals surface area contributed by atoms with E-state index in [2.05, 4.69) is 0 Å². The lowest BCUT2D eigenvalue weighted by Gasteiger charge is -2.33. The van der Waals surface area contributed by atoms with E-state index >= 15 is 0 Å². The minimum atomic E-state index is -0.0315. The van der Waals surface area contributed by atoms with E-state index in [1.54, 1.807) is 29.2 Å². The molecule has 0 N–H and O–H groups in total. The average molecular weight is 296 g/mol. The van der Waals surface area contributed by atoms with Crippen LogP contribution in [0.2, 0.25) is 5.02 Å². The second kappa shape index (κ2) is 6.86. The smallest absolute Gasteiger partial charge is 0.223 e. The summed E-state index contributed by atoms with van der Waals surface area (Å²) in [7, 11) is 0. The molecule has 0 spiro atoms. The fourth-order valence-corrected chi connectivity index (χ4v) is 2.37. The van der Waals surface area contributed by atoms with Gasteiger partial charge in [-0.25, -0.2) is 0 Å². The first-order chi connectivity index (χ1) is 9.58. The molecule has 1 atom stereocenters. The van der Waals surface area contributed by atoms with E-state index in [1.807, 2.05) is 6.92 Å². The molecule has 1 heterocycles. The van der Waals surface area contributed by atoms with Crippen molar-refractivity contribution >= 4 is 23.3 Å². The Morgan fingerprint density at radius 2 is 2.00 bits per heavy atom. The zero-order valence-corrected chi connectivity index (χ0v) is 12.2. The van der Waals surface area contributed by atoms with Gasteiger partial charge in [-0.2, -0.15) is 0 Å². The number of rotatable bonds is 4. The summed E-state index contributed by atoms with van der Waals surface area (Å²) in [4.78, 5) is 25.9. The van der Waals surface area contributed by atoms with E-state index in [9.17, 15) is 9.59 Å². The lowest BCUT2D eigenvalue weighted by atomic mass is 10.1. The van der Waals surface area contributed by atoms with E-state index in [0.717, 1.165) is 0 Å². The number of hydrogen-bond donors (Lipinski definition) is 0. The van der Waals surface area contributed by atoms with Crippen LogP contribution in [0, 0.1) is 0 Å². The third-order valence-corrected chi connectivity index (χ3v) is 3.67. The van der Waals surface area contributed by atoms with E-state index < -0.39 is 0 Å². The molecule has 1 aliphatic heterocycles. The molecule has 20 heavy (non-hydrogen) atoms. The van der Waals surface area contributed by atoms with Crippen molar-refractivity contribution in [1.29, 1.82) is 0 Å². The largest absolute Gasteiger partial charge is 0.377 e. The van der Waals surface area contributed by atoms with Crippen LogP contribution in [0.25, 0.3) is 0 Å². The molecule has 0 saturated carbocycles. The topological polar surface area (TPSA) is 46.6 Å². The number of ether oxygens (including phenoxy) is 1. The Morgan fingerprint density at radius 3 is 2.65 bits per heavy atom. The standard InChI is InChI=1S/C15H18ClNO3/c1-11-10-20-9-8-17(11)15(19)7-6-14(18)12-2-4-13(16)5-3-12/h2-5,11H,6-10H2,1H3. The summed E-state index contributed by atoms with van der Waals surface area (Å²) in [5.41, 5.74) is 0.595. The Kier molecular flexibility index (Phi) is 5.15. The number of morpholine rings is 1. The van der Waals surface area contributed by atoms with Gasteiger partial charge in [0.15, 0.2) is 5.78 Å². The van der Waals surface area contributed by atoms with Crippen molar-refractivity contribution in [3.05, 3.63) is 34.9 Å². The molecule has 1 unspecified atom stereocenters. The Labute approximate surface area is 123 Å². The fraction of sp³-hybridized carbons (Fsp3) is 0.467. The maximum absolute atomic E-state index is 12.1. The molecule has 108 valence electrons. The van der Waals surface area contributed by atoms with Crippen molar-refractivity contribution in [3.8, 4) is 0 Å². The van der Waals surface area contributed by atoms with Crippen molar-refractivity contribution in [2.45, 2.75) is 25.8 Å². The third kappa shape index (κ3) is 3.81. The Balaban J connectivity index is 1.86. The van der Waals surface area contributed by atoms with Gasteiger partial charge in [0.2, 0.25) is 5.91 Å². The second-order valence-electron chi connectivity index (χ2n) is 4.94. The van der Waals surface area contributed by atoms with Crippen LogP contribution in [-0.2, 0) is 9.53 Å². The van der Waals surface area contributed by atoms with Crippen LogP contribution in [0.15, 0.2) is 24.3 Å². The minimum Gasteiger partial charge on any atom is -0.377 e. The second-order valence-corrected chi connectivity index (χ2v) is 5.38. The van der Waals surface area contributed by atoms with Crippen LogP contribution < -0.4 is 0 Å². The van der Waals surface area contributed by atoms with E-state index in [0.29, 0.717) is 30.3 Å². The summed E-state index contributed by atoms with van der Waals surface area (Å²) in [6.07, 6.45) is 0.469. The third-order valence-electron chi connectivity index (χ3n) is 3.42. The maximum atomic E-state index is 12.1. The summed E-state index contributed by atoms with van der Waals surface area (Å²) >= 11 is 5.78. The number of Topliss-reactive ketones (excluding diaryl/α,β-unsaturated/α-hetero) is 1. The monoisotopic (exact) mass is 295 g/mol. The Morgan fingerprint density at radius 1 is 1.30 bits per heavy atom. The summed E-state index contributed by atoms with van der Waals surface area (Å²) in [6, 6.07) is 6.82. The van der Waals surface area contributed by atoms with Crippen LogP contribution >= 0.6 is 11.6 Å². The fourth-order valence-electron chi connectivity index (χ4n) is 2.24. The van der Waals surface area contributed by atoms with E-state index in [4.69, 9.17) is 16.3 Å². The molecule has 1 aliphatic rings. The Bertz CT molecular complexity index is 486. The van der Waals surface area contributed by atoms with Crippen molar-refractivity contribution in [2.24, 2.45) is 0 Å². The highest BCUT2D eigenvalue weighted by Crippen LogP contribution is 2.14. The maximum Gasteiger partial charge on any atom is 0.223 e. The van der Waals surface area contributed by atoms with Gasteiger partial charge in [-0.3, -0.25) is 9.59 Å². The molecule has 2 rings (SSSR count). The number of ketones is 1.